The monoisotopic (exact) mass is 746 g/mol. The highest BCUT2D eigenvalue weighted by Crippen LogP contribution is 2.01. The Hall–Kier alpha value is -2.87. The Morgan fingerprint density at radius 3 is 0.865 bits per heavy atom. The van der Waals surface area contributed by atoms with Gasteiger partial charge in [-0.2, -0.15) is 0 Å². The van der Waals surface area contributed by atoms with Crippen molar-refractivity contribution in [3.63, 3.8) is 0 Å². The van der Waals surface area contributed by atoms with Gasteiger partial charge >= 0.3 is 11.9 Å². The van der Waals surface area contributed by atoms with E-state index in [1.54, 1.807) is 37.3 Å². The van der Waals surface area contributed by atoms with Crippen LogP contribution in [0.25, 0.3) is 0 Å². The number of hydrogen-bond donors (Lipinski definition) is 0. The van der Waals surface area contributed by atoms with Gasteiger partial charge in [-0.3, -0.25) is 4.79 Å². The molecule has 298 valence electrons. The summed E-state index contributed by atoms with van der Waals surface area (Å²) < 4.78 is 69.4. The first-order valence-electron chi connectivity index (χ1n) is 17.5. The van der Waals surface area contributed by atoms with Crippen LogP contribution in [0.3, 0.4) is 0 Å². The lowest BCUT2D eigenvalue weighted by molar-refractivity contribution is -0.141. The van der Waals surface area contributed by atoms with Crippen molar-refractivity contribution in [2.75, 3.05) is 159 Å². The van der Waals surface area contributed by atoms with Crippen molar-refractivity contribution in [1.82, 2.24) is 0 Å². The number of hydrogen-bond acceptors (Lipinski definition) is 16. The molecule has 0 amide bonds. The Morgan fingerprint density at radius 1 is 0.385 bits per heavy atom. The smallest absolute Gasteiger partial charge is 0.379 e. The molecule has 0 aliphatic rings. The predicted octanol–water partition coefficient (Wildman–Crippen LogP) is 1.71. The normalized spacial score (nSPS) is 11.1. The van der Waals surface area contributed by atoms with Crippen LogP contribution in [0.2, 0.25) is 0 Å². The van der Waals surface area contributed by atoms with Crippen LogP contribution >= 0.6 is 0 Å². The van der Waals surface area contributed by atoms with E-state index in [0.717, 1.165) is 0 Å². The van der Waals surface area contributed by atoms with Gasteiger partial charge in [0.15, 0.2) is 0 Å². The van der Waals surface area contributed by atoms with Crippen LogP contribution in [0.1, 0.15) is 17.3 Å². The Bertz CT molecular complexity index is 1010. The second kappa shape index (κ2) is 36.5. The molecule has 1 aromatic rings. The number of carbonyl (C=O) groups is 3. The Kier molecular flexibility index (Phi) is 33.1. The molecule has 0 fully saturated rings. The average Bonchev–Trinajstić information content (AvgIpc) is 3.15. The molecule has 0 N–H and O–H groups in total. The molecule has 0 bridgehead atoms. The largest absolute Gasteiger partial charge is 0.460 e. The highest BCUT2D eigenvalue weighted by Gasteiger charge is 2.17. The molecule has 16 nitrogen and oxygen atoms in total. The number of esters is 2. The fraction of sp³-hybridized carbons (Fsp3) is 0.694. The molecule has 0 aliphatic carbocycles. The number of ether oxygens (including phenoxy) is 13. The van der Waals surface area contributed by atoms with Crippen LogP contribution in [-0.2, 0) is 71.2 Å². The van der Waals surface area contributed by atoms with Crippen molar-refractivity contribution < 1.29 is 76.0 Å². The van der Waals surface area contributed by atoms with Gasteiger partial charge in [0.05, 0.1) is 145 Å². The van der Waals surface area contributed by atoms with Crippen LogP contribution in [-0.4, -0.2) is 176 Å². The molecule has 0 aromatic heterocycles. The summed E-state index contributed by atoms with van der Waals surface area (Å²) in [6.45, 7) is 14.7. The maximum absolute atomic E-state index is 11.9. The van der Waals surface area contributed by atoms with Crippen molar-refractivity contribution >= 4 is 17.7 Å². The highest BCUT2D eigenvalue weighted by molar-refractivity contribution is 6.40. The predicted molar refractivity (Wildman–Crippen MR) is 187 cm³/mol. The first kappa shape index (κ1) is 47.2. The molecule has 52 heavy (non-hydrogen) atoms. The zero-order chi connectivity index (χ0) is 37.6. The maximum Gasteiger partial charge on any atom is 0.379 e. The quantitative estimate of drug-likeness (QED) is 0.0313. The SMILES string of the molecule is C=C(C)C(=O)OCCOCCOCCOCCOCCOCCOCCOCCOCCOCCOCCOCCOC(=O)C(=O)c1ccccc1. The molecular formula is C36H58O16. The minimum atomic E-state index is -0.902. The van der Waals surface area contributed by atoms with Gasteiger partial charge in [0, 0.05) is 11.1 Å². The average molecular weight is 747 g/mol. The molecule has 1 aromatic carbocycles. The van der Waals surface area contributed by atoms with Crippen molar-refractivity contribution in [2.24, 2.45) is 0 Å². The zero-order valence-corrected chi connectivity index (χ0v) is 30.6. The van der Waals surface area contributed by atoms with Gasteiger partial charge in [0.2, 0.25) is 0 Å². The number of ketones is 1. The van der Waals surface area contributed by atoms with Crippen LogP contribution in [0.5, 0.6) is 0 Å². The van der Waals surface area contributed by atoms with E-state index < -0.39 is 17.7 Å². The molecule has 0 unspecified atom stereocenters. The van der Waals surface area contributed by atoms with Gasteiger partial charge in [-0.05, 0) is 6.92 Å². The summed E-state index contributed by atoms with van der Waals surface area (Å²) in [5, 5.41) is 0. The molecule has 0 aliphatic heterocycles. The summed E-state index contributed by atoms with van der Waals surface area (Å²) >= 11 is 0. The molecule has 0 spiro atoms. The van der Waals surface area contributed by atoms with E-state index in [1.807, 2.05) is 0 Å². The second-order valence-electron chi connectivity index (χ2n) is 10.5. The van der Waals surface area contributed by atoms with E-state index in [2.05, 4.69) is 6.58 Å². The highest BCUT2D eigenvalue weighted by atomic mass is 16.6. The Labute approximate surface area is 307 Å². The van der Waals surface area contributed by atoms with Crippen molar-refractivity contribution in [2.45, 2.75) is 6.92 Å². The molecule has 0 heterocycles. The molecule has 0 atom stereocenters. The number of benzene rings is 1. The first-order valence-corrected chi connectivity index (χ1v) is 17.5. The van der Waals surface area contributed by atoms with Crippen LogP contribution < -0.4 is 0 Å². The summed E-state index contributed by atoms with van der Waals surface area (Å²) in [4.78, 5) is 34.8. The number of carbonyl (C=O) groups excluding carboxylic acids is 3. The maximum atomic E-state index is 11.9. The summed E-state index contributed by atoms with van der Waals surface area (Å²) in [6, 6.07) is 8.24. The van der Waals surface area contributed by atoms with Crippen molar-refractivity contribution in [1.29, 1.82) is 0 Å². The molecule has 0 radical (unpaired) electrons. The topological polar surface area (TPSA) is 171 Å². The Balaban J connectivity index is 1.66. The molecular weight excluding hydrogens is 688 g/mol. The molecule has 16 heteroatoms. The van der Waals surface area contributed by atoms with Crippen molar-refractivity contribution in [3.8, 4) is 0 Å². The number of Topliss-reactive ketones (excluding diaryl/α,β-unsaturated/α-hetero) is 1. The van der Waals surface area contributed by atoms with E-state index in [1.165, 1.54) is 0 Å². The third-order valence-electron chi connectivity index (χ3n) is 6.21. The molecule has 0 saturated carbocycles. The summed E-state index contributed by atoms with van der Waals surface area (Å²) in [5.41, 5.74) is 0.654. The fourth-order valence-electron chi connectivity index (χ4n) is 3.58. The summed E-state index contributed by atoms with van der Waals surface area (Å²) in [6.07, 6.45) is 0. The van der Waals surface area contributed by atoms with E-state index in [9.17, 15) is 14.4 Å². The van der Waals surface area contributed by atoms with Crippen LogP contribution in [0.15, 0.2) is 42.5 Å². The van der Waals surface area contributed by atoms with E-state index in [4.69, 9.17) is 61.6 Å². The number of rotatable bonds is 39. The molecule has 1 rings (SSSR count). The van der Waals surface area contributed by atoms with Crippen LogP contribution in [0.4, 0.5) is 0 Å². The van der Waals surface area contributed by atoms with E-state index >= 15 is 0 Å². The van der Waals surface area contributed by atoms with Gasteiger partial charge in [0.1, 0.15) is 13.2 Å². The van der Waals surface area contributed by atoms with Gasteiger partial charge in [0.25, 0.3) is 5.78 Å². The van der Waals surface area contributed by atoms with Gasteiger partial charge in [-0.25, -0.2) is 9.59 Å². The van der Waals surface area contributed by atoms with E-state index in [-0.39, 0.29) is 19.8 Å². The fourth-order valence-corrected chi connectivity index (χ4v) is 3.58. The second-order valence-corrected chi connectivity index (χ2v) is 10.5. The molecule has 0 saturated heterocycles. The van der Waals surface area contributed by atoms with Gasteiger partial charge in [-0.1, -0.05) is 36.9 Å². The van der Waals surface area contributed by atoms with Gasteiger partial charge in [-0.15, -0.1) is 0 Å². The lowest BCUT2D eigenvalue weighted by Gasteiger charge is -2.09. The summed E-state index contributed by atoms with van der Waals surface area (Å²) in [5.74, 6) is -2.00. The van der Waals surface area contributed by atoms with E-state index in [0.29, 0.717) is 150 Å². The van der Waals surface area contributed by atoms with Crippen molar-refractivity contribution in [3.05, 3.63) is 48.0 Å². The Morgan fingerprint density at radius 2 is 0.615 bits per heavy atom. The standard InChI is InChI=1S/C36H58O16/c1-32(2)35(38)51-30-28-49-26-24-47-22-20-45-18-16-43-14-12-41-10-8-40-9-11-42-13-15-44-17-19-46-21-23-48-25-27-50-29-31-52-36(39)34(37)33-6-4-3-5-7-33/h3-7H,1,8-31H2,2H3. The lowest BCUT2D eigenvalue weighted by Crippen LogP contribution is -2.20. The van der Waals surface area contributed by atoms with Gasteiger partial charge < -0.3 is 61.6 Å². The summed E-state index contributed by atoms with van der Waals surface area (Å²) in [7, 11) is 0. The minimum Gasteiger partial charge on any atom is -0.460 e. The third kappa shape index (κ3) is 30.7. The lowest BCUT2D eigenvalue weighted by atomic mass is 10.1. The third-order valence-corrected chi connectivity index (χ3v) is 6.21. The minimum absolute atomic E-state index is 0.00848. The zero-order valence-electron chi connectivity index (χ0n) is 30.6. The van der Waals surface area contributed by atoms with Crippen LogP contribution in [0, 0.1) is 0 Å². The first-order chi connectivity index (χ1) is 25.5.